The number of hydrogen-bond donors (Lipinski definition) is 2. The van der Waals surface area contributed by atoms with Gasteiger partial charge in [-0.25, -0.2) is 4.98 Å². The number of nitrogens with one attached hydrogen (secondary N) is 1. The van der Waals surface area contributed by atoms with Gasteiger partial charge in [0.2, 0.25) is 0 Å². The van der Waals surface area contributed by atoms with E-state index in [0.717, 1.165) is 35.8 Å². The highest BCUT2D eigenvalue weighted by Crippen LogP contribution is 2.34. The first-order valence-corrected chi connectivity index (χ1v) is 7.87. The molecule has 1 heterocycles. The predicted molar refractivity (Wildman–Crippen MR) is 87.2 cm³/mol. The minimum atomic E-state index is -4.33. The van der Waals surface area contributed by atoms with Gasteiger partial charge in [0.25, 0.3) is 0 Å². The van der Waals surface area contributed by atoms with Gasteiger partial charge in [-0.1, -0.05) is 23.5 Å². The van der Waals surface area contributed by atoms with Crippen LogP contribution in [0.15, 0.2) is 24.3 Å². The van der Waals surface area contributed by atoms with E-state index < -0.39 is 11.7 Å². The maximum atomic E-state index is 12.6. The van der Waals surface area contributed by atoms with Crippen molar-refractivity contribution in [3.63, 3.8) is 0 Å². The SMILES string of the molecule is CN(C)CCNCc1nc(N)sc1-c1ccc(C(F)(F)F)cc1. The molecule has 0 aliphatic heterocycles. The Hall–Kier alpha value is -1.64. The summed E-state index contributed by atoms with van der Waals surface area (Å²) >= 11 is 1.28. The van der Waals surface area contributed by atoms with Gasteiger partial charge in [0.1, 0.15) is 0 Å². The summed E-state index contributed by atoms with van der Waals surface area (Å²) in [4.78, 5) is 7.13. The van der Waals surface area contributed by atoms with Crippen LogP contribution in [-0.4, -0.2) is 37.1 Å². The fraction of sp³-hybridized carbons (Fsp3) is 0.400. The average Bonchev–Trinajstić information content (AvgIpc) is 2.84. The highest BCUT2D eigenvalue weighted by molar-refractivity contribution is 7.18. The molecule has 2 rings (SSSR count). The summed E-state index contributed by atoms with van der Waals surface area (Å²) in [6.07, 6.45) is -4.33. The quantitative estimate of drug-likeness (QED) is 0.791. The van der Waals surface area contributed by atoms with Gasteiger partial charge in [0, 0.05) is 19.6 Å². The Morgan fingerprint density at radius 2 is 1.87 bits per heavy atom. The molecule has 0 amide bonds. The number of thiazole rings is 1. The third-order valence-corrected chi connectivity index (χ3v) is 4.19. The van der Waals surface area contributed by atoms with Crippen molar-refractivity contribution in [1.82, 2.24) is 15.2 Å². The first kappa shape index (κ1) is 17.7. The number of nitrogens with two attached hydrogens (primary N) is 1. The normalized spacial score (nSPS) is 12.1. The van der Waals surface area contributed by atoms with Crippen LogP contribution in [0, 0.1) is 0 Å². The zero-order chi connectivity index (χ0) is 17.0. The topological polar surface area (TPSA) is 54.2 Å². The third-order valence-electron chi connectivity index (χ3n) is 3.22. The van der Waals surface area contributed by atoms with Crippen LogP contribution in [0.25, 0.3) is 10.4 Å². The van der Waals surface area contributed by atoms with Gasteiger partial charge in [-0.3, -0.25) is 0 Å². The molecule has 3 N–H and O–H groups in total. The standard InChI is InChI=1S/C15H19F3N4S/c1-22(2)8-7-20-9-12-13(23-14(19)21-12)10-3-5-11(6-4-10)15(16,17)18/h3-6,20H,7-9H2,1-2H3,(H2,19,21). The number of nitrogen functional groups attached to an aromatic ring is 1. The highest BCUT2D eigenvalue weighted by Gasteiger charge is 2.30. The van der Waals surface area contributed by atoms with Crippen molar-refractivity contribution in [2.24, 2.45) is 0 Å². The van der Waals surface area contributed by atoms with E-state index in [-0.39, 0.29) is 0 Å². The summed E-state index contributed by atoms with van der Waals surface area (Å²) in [5.74, 6) is 0. The molecule has 4 nitrogen and oxygen atoms in total. The fourth-order valence-corrected chi connectivity index (χ4v) is 2.89. The zero-order valence-electron chi connectivity index (χ0n) is 12.9. The number of nitrogens with zero attached hydrogens (tertiary/aromatic N) is 2. The minimum absolute atomic E-state index is 0.407. The second-order valence-electron chi connectivity index (χ2n) is 5.38. The van der Waals surface area contributed by atoms with Crippen LogP contribution in [-0.2, 0) is 12.7 Å². The van der Waals surface area contributed by atoms with Gasteiger partial charge in [-0.2, -0.15) is 13.2 Å². The molecule has 0 atom stereocenters. The van der Waals surface area contributed by atoms with E-state index >= 15 is 0 Å². The molecule has 0 bridgehead atoms. The molecule has 23 heavy (non-hydrogen) atoms. The van der Waals surface area contributed by atoms with Gasteiger partial charge in [0.05, 0.1) is 16.1 Å². The van der Waals surface area contributed by atoms with E-state index in [0.29, 0.717) is 17.2 Å². The van der Waals surface area contributed by atoms with E-state index in [9.17, 15) is 13.2 Å². The lowest BCUT2D eigenvalue weighted by atomic mass is 10.1. The van der Waals surface area contributed by atoms with E-state index in [4.69, 9.17) is 5.73 Å². The van der Waals surface area contributed by atoms with E-state index in [1.54, 1.807) is 0 Å². The van der Waals surface area contributed by atoms with Gasteiger partial charge in [0.15, 0.2) is 5.13 Å². The molecule has 0 aliphatic carbocycles. The minimum Gasteiger partial charge on any atom is -0.375 e. The smallest absolute Gasteiger partial charge is 0.375 e. The number of rotatable bonds is 6. The van der Waals surface area contributed by atoms with Gasteiger partial charge in [-0.15, -0.1) is 0 Å². The molecule has 0 saturated heterocycles. The third kappa shape index (κ3) is 4.92. The average molecular weight is 344 g/mol. The molecule has 126 valence electrons. The molecule has 0 saturated carbocycles. The predicted octanol–water partition coefficient (Wildman–Crippen LogP) is 3.06. The van der Waals surface area contributed by atoms with E-state index in [1.165, 1.54) is 23.5 Å². The van der Waals surface area contributed by atoms with Crippen LogP contribution in [0.4, 0.5) is 18.3 Å². The second kappa shape index (κ2) is 7.29. The number of anilines is 1. The van der Waals surface area contributed by atoms with Gasteiger partial charge < -0.3 is 16.0 Å². The maximum Gasteiger partial charge on any atom is 0.416 e. The second-order valence-corrected chi connectivity index (χ2v) is 6.41. The summed E-state index contributed by atoms with van der Waals surface area (Å²) in [6, 6.07) is 5.07. The zero-order valence-corrected chi connectivity index (χ0v) is 13.8. The number of alkyl halides is 3. The van der Waals surface area contributed by atoms with Crippen molar-refractivity contribution >= 4 is 16.5 Å². The maximum absolute atomic E-state index is 12.6. The van der Waals surface area contributed by atoms with Crippen LogP contribution < -0.4 is 11.1 Å². The Labute approximate surface area is 137 Å². The summed E-state index contributed by atoms with van der Waals surface area (Å²) in [5.41, 5.74) is 6.54. The molecule has 0 unspecified atom stereocenters. The van der Waals surface area contributed by atoms with Crippen LogP contribution >= 0.6 is 11.3 Å². The largest absolute Gasteiger partial charge is 0.416 e. The summed E-state index contributed by atoms with van der Waals surface area (Å²) in [7, 11) is 3.96. The Balaban J connectivity index is 2.13. The van der Waals surface area contributed by atoms with Crippen molar-refractivity contribution in [2.75, 3.05) is 32.9 Å². The van der Waals surface area contributed by atoms with Gasteiger partial charge >= 0.3 is 6.18 Å². The van der Waals surface area contributed by atoms with Gasteiger partial charge in [-0.05, 0) is 31.8 Å². The molecule has 1 aromatic heterocycles. The summed E-state index contributed by atoms with van der Waals surface area (Å²) in [5, 5.41) is 3.67. The van der Waals surface area contributed by atoms with Crippen LogP contribution in [0.5, 0.6) is 0 Å². The lowest BCUT2D eigenvalue weighted by molar-refractivity contribution is -0.137. The van der Waals surface area contributed by atoms with Crippen molar-refractivity contribution in [3.05, 3.63) is 35.5 Å². The van der Waals surface area contributed by atoms with Crippen LogP contribution in [0.2, 0.25) is 0 Å². The molecule has 2 aromatic rings. The van der Waals surface area contributed by atoms with Crippen LogP contribution in [0.3, 0.4) is 0 Å². The molecule has 0 radical (unpaired) electrons. The Kier molecular flexibility index (Phi) is 5.61. The Bertz CT molecular complexity index is 635. The first-order chi connectivity index (χ1) is 10.8. The molecule has 0 spiro atoms. The monoisotopic (exact) mass is 344 g/mol. The fourth-order valence-electron chi connectivity index (χ4n) is 2.04. The van der Waals surface area contributed by atoms with E-state index in [2.05, 4.69) is 15.2 Å². The molecule has 0 aliphatic rings. The Morgan fingerprint density at radius 3 is 2.43 bits per heavy atom. The summed E-state index contributed by atoms with van der Waals surface area (Å²) in [6.45, 7) is 2.20. The van der Waals surface area contributed by atoms with Crippen molar-refractivity contribution in [3.8, 4) is 10.4 Å². The molecular weight excluding hydrogens is 325 g/mol. The first-order valence-electron chi connectivity index (χ1n) is 7.05. The highest BCUT2D eigenvalue weighted by atomic mass is 32.1. The molecule has 1 aromatic carbocycles. The summed E-state index contributed by atoms with van der Waals surface area (Å²) < 4.78 is 37.9. The number of halogens is 3. The number of aromatic nitrogens is 1. The number of likely N-dealkylation sites (N-methyl/N-ethyl adjacent to an activating group) is 1. The molecular formula is C15H19F3N4S. The van der Waals surface area contributed by atoms with Crippen molar-refractivity contribution in [1.29, 1.82) is 0 Å². The van der Waals surface area contributed by atoms with E-state index in [1.807, 2.05) is 14.1 Å². The van der Waals surface area contributed by atoms with Crippen molar-refractivity contribution < 1.29 is 13.2 Å². The number of benzene rings is 1. The number of hydrogen-bond acceptors (Lipinski definition) is 5. The van der Waals surface area contributed by atoms with Crippen LogP contribution in [0.1, 0.15) is 11.3 Å². The molecule has 0 fully saturated rings. The molecule has 8 heteroatoms. The Morgan fingerprint density at radius 1 is 1.22 bits per heavy atom. The lowest BCUT2D eigenvalue weighted by Gasteiger charge is -2.10. The van der Waals surface area contributed by atoms with Crippen molar-refractivity contribution in [2.45, 2.75) is 12.7 Å². The lowest BCUT2D eigenvalue weighted by Crippen LogP contribution is -2.26.